The summed E-state index contributed by atoms with van der Waals surface area (Å²) in [6.45, 7) is 0. The van der Waals surface area contributed by atoms with Gasteiger partial charge in [-0.2, -0.15) is 0 Å². The van der Waals surface area contributed by atoms with E-state index >= 15 is 0 Å². The molecule has 3 aromatic rings. The van der Waals surface area contributed by atoms with E-state index in [1.165, 1.54) is 12.7 Å². The number of hydrogen-bond acceptors (Lipinski definition) is 2. The first-order valence-electron chi connectivity index (χ1n) is 8.04. The van der Waals surface area contributed by atoms with Crippen LogP contribution in [0.1, 0.15) is 11.1 Å². The number of halogens is 1. The molecule has 0 unspecified atom stereocenters. The molecule has 0 radical (unpaired) electrons. The Morgan fingerprint density at radius 3 is 1.96 bits per heavy atom. The second kappa shape index (κ2) is 10.5. The van der Waals surface area contributed by atoms with Crippen LogP contribution >= 0.6 is 15.9 Å². The van der Waals surface area contributed by atoms with E-state index in [9.17, 15) is 4.79 Å². The van der Waals surface area contributed by atoms with Gasteiger partial charge in [0.15, 0.2) is 0 Å². The van der Waals surface area contributed by atoms with E-state index in [1.807, 2.05) is 72.8 Å². The predicted molar refractivity (Wildman–Crippen MR) is 107 cm³/mol. The first kappa shape index (κ1) is 18.9. The zero-order chi connectivity index (χ0) is 17.9. The molecule has 0 amide bonds. The van der Waals surface area contributed by atoms with E-state index in [1.54, 1.807) is 0 Å². The number of methoxy groups -OCH3 is 1. The maximum atomic E-state index is 11.3. The van der Waals surface area contributed by atoms with Crippen molar-refractivity contribution in [3.63, 3.8) is 0 Å². The summed E-state index contributed by atoms with van der Waals surface area (Å²) in [6.07, 6.45) is 0.307. The molecule has 0 spiro atoms. The lowest BCUT2D eigenvalue weighted by Crippen LogP contribution is -2.05. The molecular formula is C22H21BrO2. The van der Waals surface area contributed by atoms with Gasteiger partial charge in [0.2, 0.25) is 0 Å². The highest BCUT2D eigenvalue weighted by molar-refractivity contribution is 9.08. The summed E-state index contributed by atoms with van der Waals surface area (Å²) < 4.78 is 4.71. The second-order valence-corrected chi connectivity index (χ2v) is 5.96. The van der Waals surface area contributed by atoms with Crippen LogP contribution in [-0.4, -0.2) is 13.1 Å². The smallest absolute Gasteiger partial charge is 0.309 e. The fraction of sp³-hybridized carbons (Fsp3) is 0.136. The zero-order valence-corrected chi connectivity index (χ0v) is 15.8. The second-order valence-electron chi connectivity index (χ2n) is 5.40. The van der Waals surface area contributed by atoms with Crippen molar-refractivity contribution >= 4 is 21.9 Å². The lowest BCUT2D eigenvalue weighted by Gasteiger charge is -2.08. The number of hydrogen-bond donors (Lipinski definition) is 0. The topological polar surface area (TPSA) is 26.3 Å². The summed E-state index contributed by atoms with van der Waals surface area (Å²) in [5.74, 6) is -0.214. The van der Waals surface area contributed by atoms with Crippen LogP contribution < -0.4 is 0 Å². The van der Waals surface area contributed by atoms with Crippen molar-refractivity contribution in [1.82, 2.24) is 0 Å². The molecule has 0 atom stereocenters. The maximum absolute atomic E-state index is 11.3. The van der Waals surface area contributed by atoms with Crippen LogP contribution in [-0.2, 0) is 21.3 Å². The van der Waals surface area contributed by atoms with Gasteiger partial charge >= 0.3 is 5.97 Å². The largest absolute Gasteiger partial charge is 0.469 e. The van der Waals surface area contributed by atoms with Crippen molar-refractivity contribution in [2.75, 3.05) is 7.11 Å². The molecule has 2 nitrogen and oxygen atoms in total. The summed E-state index contributed by atoms with van der Waals surface area (Å²) in [4.78, 5) is 11.3. The molecule has 0 aromatic heterocycles. The average molecular weight is 397 g/mol. The van der Waals surface area contributed by atoms with Crippen molar-refractivity contribution < 1.29 is 9.53 Å². The Morgan fingerprint density at radius 1 is 0.840 bits per heavy atom. The highest BCUT2D eigenvalue weighted by Crippen LogP contribution is 2.23. The SMILES string of the molecule is BrCc1ccccc1.COC(=O)Cc1ccccc1-c1ccccc1. The van der Waals surface area contributed by atoms with Crippen molar-refractivity contribution in [1.29, 1.82) is 0 Å². The van der Waals surface area contributed by atoms with Crippen molar-refractivity contribution in [3.8, 4) is 11.1 Å². The van der Waals surface area contributed by atoms with Gasteiger partial charge in [-0.3, -0.25) is 4.79 Å². The number of esters is 1. The minimum atomic E-state index is -0.214. The molecule has 0 fully saturated rings. The van der Waals surface area contributed by atoms with Crippen LogP contribution in [0.4, 0.5) is 0 Å². The summed E-state index contributed by atoms with van der Waals surface area (Å²) in [5, 5.41) is 0.952. The van der Waals surface area contributed by atoms with Crippen LogP contribution in [0.15, 0.2) is 84.9 Å². The van der Waals surface area contributed by atoms with E-state index in [0.717, 1.165) is 22.0 Å². The number of rotatable bonds is 4. The third-order valence-electron chi connectivity index (χ3n) is 3.66. The monoisotopic (exact) mass is 396 g/mol. The molecule has 0 heterocycles. The van der Waals surface area contributed by atoms with Crippen LogP contribution in [0.25, 0.3) is 11.1 Å². The quantitative estimate of drug-likeness (QED) is 0.420. The fourth-order valence-corrected chi connectivity index (χ4v) is 2.74. The highest BCUT2D eigenvalue weighted by atomic mass is 79.9. The molecular weight excluding hydrogens is 376 g/mol. The van der Waals surface area contributed by atoms with E-state index in [0.29, 0.717) is 6.42 Å². The predicted octanol–water partition coefficient (Wildman–Crippen LogP) is 5.65. The summed E-state index contributed by atoms with van der Waals surface area (Å²) in [6, 6.07) is 28.2. The minimum absolute atomic E-state index is 0.214. The van der Waals surface area contributed by atoms with Crippen LogP contribution in [0, 0.1) is 0 Å². The lowest BCUT2D eigenvalue weighted by molar-refractivity contribution is -0.139. The van der Waals surface area contributed by atoms with Gasteiger partial charge in [-0.15, -0.1) is 0 Å². The first-order valence-corrected chi connectivity index (χ1v) is 9.16. The molecule has 0 aliphatic heterocycles. The normalized spacial score (nSPS) is 9.68. The van der Waals surface area contributed by atoms with E-state index in [-0.39, 0.29) is 5.97 Å². The Balaban J connectivity index is 0.000000236. The molecule has 128 valence electrons. The standard InChI is InChI=1S/C15H14O2.C7H7Br/c1-17-15(16)11-13-9-5-6-10-14(13)12-7-3-2-4-8-12;8-6-7-4-2-1-3-5-7/h2-10H,11H2,1H3;1-5H,6H2. The highest BCUT2D eigenvalue weighted by Gasteiger charge is 2.08. The number of ether oxygens (including phenoxy) is 1. The van der Waals surface area contributed by atoms with Gasteiger partial charge in [-0.1, -0.05) is 101 Å². The lowest BCUT2D eigenvalue weighted by atomic mass is 9.98. The van der Waals surface area contributed by atoms with Crippen LogP contribution in [0.2, 0.25) is 0 Å². The summed E-state index contributed by atoms with van der Waals surface area (Å²) in [5.41, 5.74) is 4.52. The van der Waals surface area contributed by atoms with Crippen LogP contribution in [0.3, 0.4) is 0 Å². The van der Waals surface area contributed by atoms with Gasteiger partial charge in [0.25, 0.3) is 0 Å². The molecule has 3 aromatic carbocycles. The number of alkyl halides is 1. The fourth-order valence-electron chi connectivity index (χ4n) is 2.37. The van der Waals surface area contributed by atoms with Gasteiger partial charge in [0.1, 0.15) is 0 Å². The molecule has 0 aliphatic rings. The van der Waals surface area contributed by atoms with Gasteiger partial charge in [0.05, 0.1) is 13.5 Å². The Kier molecular flexibility index (Phi) is 7.93. The molecule has 0 saturated heterocycles. The minimum Gasteiger partial charge on any atom is -0.469 e. The third-order valence-corrected chi connectivity index (χ3v) is 4.31. The average Bonchev–Trinajstić information content (AvgIpc) is 2.70. The van der Waals surface area contributed by atoms with E-state index < -0.39 is 0 Å². The number of carbonyl (C=O) groups is 1. The van der Waals surface area contributed by atoms with Crippen molar-refractivity contribution in [2.24, 2.45) is 0 Å². The van der Waals surface area contributed by atoms with Gasteiger partial charge in [-0.25, -0.2) is 0 Å². The number of carbonyl (C=O) groups excluding carboxylic acids is 1. The Bertz CT molecular complexity index is 770. The Hall–Kier alpha value is -2.39. The Labute approximate surface area is 157 Å². The molecule has 0 aliphatic carbocycles. The van der Waals surface area contributed by atoms with Crippen LogP contribution in [0.5, 0.6) is 0 Å². The molecule has 25 heavy (non-hydrogen) atoms. The molecule has 0 saturated carbocycles. The molecule has 3 rings (SSSR count). The summed E-state index contributed by atoms with van der Waals surface area (Å²) >= 11 is 3.36. The first-order chi connectivity index (χ1) is 12.2. The van der Waals surface area contributed by atoms with Crippen molar-refractivity contribution in [2.45, 2.75) is 11.8 Å². The number of benzene rings is 3. The third kappa shape index (κ3) is 6.20. The van der Waals surface area contributed by atoms with Gasteiger partial charge in [-0.05, 0) is 22.3 Å². The summed E-state index contributed by atoms with van der Waals surface area (Å²) in [7, 11) is 1.41. The van der Waals surface area contributed by atoms with Gasteiger partial charge < -0.3 is 4.74 Å². The maximum Gasteiger partial charge on any atom is 0.309 e. The van der Waals surface area contributed by atoms with E-state index in [4.69, 9.17) is 4.74 Å². The van der Waals surface area contributed by atoms with Crippen molar-refractivity contribution in [3.05, 3.63) is 96.1 Å². The Morgan fingerprint density at radius 2 is 1.40 bits per heavy atom. The molecule has 0 N–H and O–H groups in total. The molecule has 3 heteroatoms. The van der Waals surface area contributed by atoms with E-state index in [2.05, 4.69) is 28.1 Å². The zero-order valence-electron chi connectivity index (χ0n) is 14.2. The molecule has 0 bridgehead atoms. The van der Waals surface area contributed by atoms with Gasteiger partial charge in [0, 0.05) is 5.33 Å².